The van der Waals surface area contributed by atoms with Crippen molar-refractivity contribution in [2.24, 2.45) is 5.92 Å². The van der Waals surface area contributed by atoms with E-state index >= 15 is 0 Å². The maximum absolute atomic E-state index is 13.9. The molecule has 34 heavy (non-hydrogen) atoms. The molecule has 0 radical (unpaired) electrons. The van der Waals surface area contributed by atoms with Crippen molar-refractivity contribution >= 4 is 28.1 Å². The molecule has 3 nitrogen and oxygen atoms in total. The Kier molecular flexibility index (Phi) is 5.18. The van der Waals surface area contributed by atoms with Gasteiger partial charge in [-0.05, 0) is 59.4 Å². The van der Waals surface area contributed by atoms with Crippen LogP contribution in [-0.4, -0.2) is 12.5 Å². The van der Waals surface area contributed by atoms with Crippen LogP contribution < -0.4 is 10.2 Å². The molecular weight excluding hydrogens is 416 g/mol. The van der Waals surface area contributed by atoms with Gasteiger partial charge in [0.2, 0.25) is 0 Å². The molecule has 3 atom stereocenters. The highest BCUT2D eigenvalue weighted by atomic mass is 16.2. The summed E-state index contributed by atoms with van der Waals surface area (Å²) in [6, 6.07) is 31.4. The van der Waals surface area contributed by atoms with Gasteiger partial charge in [-0.25, -0.2) is 0 Å². The zero-order valence-corrected chi connectivity index (χ0v) is 19.3. The van der Waals surface area contributed by atoms with E-state index < -0.39 is 0 Å². The maximum Gasteiger partial charge on any atom is 0.260 e. The minimum absolute atomic E-state index is 0.0372. The molecule has 4 aromatic rings. The second-order valence-electron chi connectivity index (χ2n) is 9.20. The second-order valence-corrected chi connectivity index (χ2v) is 9.20. The molecule has 0 saturated carbocycles. The highest BCUT2D eigenvalue weighted by Gasteiger charge is 2.40. The fourth-order valence-corrected chi connectivity index (χ4v) is 5.83. The van der Waals surface area contributed by atoms with Crippen LogP contribution in [0.2, 0.25) is 0 Å². The lowest BCUT2D eigenvalue weighted by Gasteiger charge is -2.39. The number of nitrogens with zero attached hydrogens (tertiary/aromatic N) is 1. The van der Waals surface area contributed by atoms with Gasteiger partial charge in [-0.3, -0.25) is 4.79 Å². The Balaban J connectivity index is 1.47. The number of amides is 1. The lowest BCUT2D eigenvalue weighted by molar-refractivity contribution is 0.0988. The summed E-state index contributed by atoms with van der Waals surface area (Å²) in [5.41, 5.74) is 5.18. The fourth-order valence-electron chi connectivity index (χ4n) is 5.83. The predicted molar refractivity (Wildman–Crippen MR) is 141 cm³/mol. The SMILES string of the molecule is CCN(C(=O)c1cccc2c1NC(c1cccc3ccccc13)C1CC=CC21)c1ccccc1. The van der Waals surface area contributed by atoms with E-state index in [1.165, 1.54) is 21.9 Å². The number of hydrogen-bond acceptors (Lipinski definition) is 2. The molecule has 0 saturated heterocycles. The van der Waals surface area contributed by atoms with Crippen LogP contribution in [0.25, 0.3) is 10.8 Å². The lowest BCUT2D eigenvalue weighted by Crippen LogP contribution is -2.34. The molecule has 0 bridgehead atoms. The van der Waals surface area contributed by atoms with Crippen molar-refractivity contribution in [3.8, 4) is 0 Å². The normalized spacial score (nSPS) is 20.4. The molecule has 6 rings (SSSR count). The lowest BCUT2D eigenvalue weighted by atomic mass is 9.75. The second kappa shape index (κ2) is 8.49. The molecule has 4 aromatic carbocycles. The molecule has 1 N–H and O–H groups in total. The number of rotatable bonds is 4. The summed E-state index contributed by atoms with van der Waals surface area (Å²) in [6.07, 6.45) is 5.68. The summed E-state index contributed by atoms with van der Waals surface area (Å²) in [4.78, 5) is 15.7. The summed E-state index contributed by atoms with van der Waals surface area (Å²) in [6.45, 7) is 2.65. The summed E-state index contributed by atoms with van der Waals surface area (Å²) in [5.74, 6) is 0.773. The molecule has 168 valence electrons. The van der Waals surface area contributed by atoms with Gasteiger partial charge in [0.25, 0.3) is 5.91 Å². The third kappa shape index (κ3) is 3.31. The number of benzene rings is 4. The third-order valence-electron chi connectivity index (χ3n) is 7.41. The van der Waals surface area contributed by atoms with E-state index in [0.29, 0.717) is 18.4 Å². The van der Waals surface area contributed by atoms with Crippen LogP contribution in [0.4, 0.5) is 11.4 Å². The van der Waals surface area contributed by atoms with Gasteiger partial charge in [0, 0.05) is 18.2 Å². The van der Waals surface area contributed by atoms with Gasteiger partial charge in [-0.2, -0.15) is 0 Å². The molecular formula is C31H28N2O. The molecule has 0 fully saturated rings. The summed E-state index contributed by atoms with van der Waals surface area (Å²) in [7, 11) is 0. The first-order chi connectivity index (χ1) is 16.8. The van der Waals surface area contributed by atoms with Gasteiger partial charge < -0.3 is 10.2 Å². The average Bonchev–Trinajstić information content (AvgIpc) is 3.39. The van der Waals surface area contributed by atoms with E-state index in [-0.39, 0.29) is 11.9 Å². The van der Waals surface area contributed by atoms with Crippen molar-refractivity contribution < 1.29 is 4.79 Å². The zero-order valence-electron chi connectivity index (χ0n) is 19.3. The zero-order chi connectivity index (χ0) is 23.1. The highest BCUT2D eigenvalue weighted by molar-refractivity contribution is 6.10. The van der Waals surface area contributed by atoms with Crippen LogP contribution in [0.1, 0.15) is 46.8 Å². The van der Waals surface area contributed by atoms with Crippen molar-refractivity contribution in [2.45, 2.75) is 25.3 Å². The molecule has 2 aliphatic rings. The predicted octanol–water partition coefficient (Wildman–Crippen LogP) is 7.33. The minimum atomic E-state index is 0.0372. The first-order valence-electron chi connectivity index (χ1n) is 12.2. The summed E-state index contributed by atoms with van der Waals surface area (Å²) < 4.78 is 0. The van der Waals surface area contributed by atoms with E-state index in [0.717, 1.165) is 23.4 Å². The number of carbonyl (C=O) groups excluding carboxylic acids is 1. The van der Waals surface area contributed by atoms with E-state index in [9.17, 15) is 4.79 Å². The van der Waals surface area contributed by atoms with E-state index in [4.69, 9.17) is 0 Å². The number of carbonyl (C=O) groups is 1. The Labute approximate surface area is 200 Å². The standard InChI is InChI=1S/C31H28N2O/c1-2-33(22-13-4-3-5-14-22)31(34)28-20-10-19-27-24-16-9-18-26(24)29(32-30(27)28)25-17-8-12-21-11-6-7-15-23(21)25/h3-17,19-20,24,26,29,32H,2,18H2,1H3. The highest BCUT2D eigenvalue weighted by Crippen LogP contribution is 2.51. The number of fused-ring (bicyclic) bond motifs is 4. The topological polar surface area (TPSA) is 32.3 Å². The van der Waals surface area contributed by atoms with E-state index in [1.54, 1.807) is 0 Å². The maximum atomic E-state index is 13.9. The van der Waals surface area contributed by atoms with Crippen LogP contribution in [0, 0.1) is 5.92 Å². The van der Waals surface area contributed by atoms with Gasteiger partial charge in [0.05, 0.1) is 17.3 Å². The van der Waals surface area contributed by atoms with Gasteiger partial charge in [-0.15, -0.1) is 0 Å². The molecule has 0 spiro atoms. The van der Waals surface area contributed by atoms with Crippen LogP contribution in [0.15, 0.2) is 103 Å². The van der Waals surface area contributed by atoms with Gasteiger partial charge >= 0.3 is 0 Å². The molecule has 3 heteroatoms. The van der Waals surface area contributed by atoms with Crippen LogP contribution in [-0.2, 0) is 0 Å². The number of anilines is 2. The summed E-state index contributed by atoms with van der Waals surface area (Å²) in [5, 5.41) is 6.40. The average molecular weight is 445 g/mol. The van der Waals surface area contributed by atoms with Crippen LogP contribution in [0.5, 0.6) is 0 Å². The Hall–Kier alpha value is -3.85. The number of nitrogens with one attached hydrogen (secondary N) is 1. The number of hydrogen-bond donors (Lipinski definition) is 1. The van der Waals surface area contributed by atoms with Crippen LogP contribution >= 0.6 is 0 Å². The van der Waals surface area contributed by atoms with E-state index in [2.05, 4.69) is 66.0 Å². The molecule has 1 heterocycles. The molecule has 3 unspecified atom stereocenters. The summed E-state index contributed by atoms with van der Waals surface area (Å²) >= 11 is 0. The largest absolute Gasteiger partial charge is 0.377 e. The fraction of sp³-hybridized carbons (Fsp3) is 0.194. The van der Waals surface area contributed by atoms with Gasteiger partial charge in [0.15, 0.2) is 0 Å². The quantitative estimate of drug-likeness (QED) is 0.334. The molecule has 1 aliphatic heterocycles. The monoisotopic (exact) mass is 444 g/mol. The Morgan fingerprint density at radius 2 is 1.62 bits per heavy atom. The van der Waals surface area contributed by atoms with Gasteiger partial charge in [0.1, 0.15) is 0 Å². The molecule has 1 aliphatic carbocycles. The van der Waals surface area contributed by atoms with E-state index in [1.807, 2.05) is 54.3 Å². The van der Waals surface area contributed by atoms with Crippen molar-refractivity contribution in [2.75, 3.05) is 16.8 Å². The Bertz CT molecular complexity index is 1390. The first kappa shape index (κ1) is 20.7. The molecule has 1 amide bonds. The van der Waals surface area contributed by atoms with Crippen molar-refractivity contribution in [3.63, 3.8) is 0 Å². The minimum Gasteiger partial charge on any atom is -0.377 e. The third-order valence-corrected chi connectivity index (χ3v) is 7.41. The number of allylic oxidation sites excluding steroid dienone is 2. The van der Waals surface area contributed by atoms with Crippen molar-refractivity contribution in [3.05, 3.63) is 120 Å². The van der Waals surface area contributed by atoms with Crippen LogP contribution in [0.3, 0.4) is 0 Å². The molecule has 0 aromatic heterocycles. The van der Waals surface area contributed by atoms with Gasteiger partial charge in [-0.1, -0.05) is 84.9 Å². The van der Waals surface area contributed by atoms with Crippen molar-refractivity contribution in [1.82, 2.24) is 0 Å². The first-order valence-corrected chi connectivity index (χ1v) is 12.2. The Morgan fingerprint density at radius 1 is 0.882 bits per heavy atom. The Morgan fingerprint density at radius 3 is 2.47 bits per heavy atom. The smallest absolute Gasteiger partial charge is 0.260 e. The number of para-hydroxylation sites is 2. The van der Waals surface area contributed by atoms with Crippen molar-refractivity contribution in [1.29, 1.82) is 0 Å².